The molecule has 7 heteroatoms. The maximum atomic E-state index is 10.7. The zero-order valence-electron chi connectivity index (χ0n) is 8.41. The van der Waals surface area contributed by atoms with Crippen LogP contribution in [-0.2, 0) is 0 Å². The number of fused-ring (bicyclic) bond motifs is 1. The van der Waals surface area contributed by atoms with Gasteiger partial charge in [0, 0.05) is 13.1 Å². The Kier molecular flexibility index (Phi) is 1.79. The molecule has 0 unspecified atom stereocenters. The van der Waals surface area contributed by atoms with Crippen LogP contribution >= 0.6 is 0 Å². The zero-order chi connectivity index (χ0) is 11.1. The number of hydrogen-bond donors (Lipinski definition) is 0. The van der Waals surface area contributed by atoms with E-state index >= 15 is 0 Å². The molecule has 0 aromatic carbocycles. The normalized spacial score (nSPS) is 15.1. The Morgan fingerprint density at radius 2 is 2.19 bits per heavy atom. The molecule has 1 aliphatic heterocycles. The van der Waals surface area contributed by atoms with Crippen molar-refractivity contribution in [3.8, 4) is 0 Å². The van der Waals surface area contributed by atoms with Crippen molar-refractivity contribution in [1.82, 2.24) is 14.6 Å². The molecule has 0 atom stereocenters. The molecule has 0 bridgehead atoms. The smallest absolute Gasteiger partial charge is 0.333 e. The summed E-state index contributed by atoms with van der Waals surface area (Å²) in [6.45, 7) is 2.02. The van der Waals surface area contributed by atoms with Crippen LogP contribution < -0.4 is 4.90 Å². The van der Waals surface area contributed by atoms with Crippen LogP contribution in [0.15, 0.2) is 18.6 Å². The van der Waals surface area contributed by atoms with E-state index in [0.717, 1.165) is 18.8 Å². The SMILES string of the molecule is O=[N+]([O-])c1cnn2cc(N3CCC3)cnc12. The molecule has 82 valence electrons. The summed E-state index contributed by atoms with van der Waals surface area (Å²) in [5, 5.41) is 14.6. The molecule has 16 heavy (non-hydrogen) atoms. The van der Waals surface area contributed by atoms with Gasteiger partial charge in [-0.2, -0.15) is 5.10 Å². The summed E-state index contributed by atoms with van der Waals surface area (Å²) in [6.07, 6.45) is 5.83. The van der Waals surface area contributed by atoms with E-state index in [9.17, 15) is 10.1 Å². The lowest BCUT2D eigenvalue weighted by Gasteiger charge is -2.32. The first kappa shape index (κ1) is 9.08. The Morgan fingerprint density at radius 1 is 1.38 bits per heavy atom. The Hall–Kier alpha value is -2.18. The number of nitro groups is 1. The summed E-state index contributed by atoms with van der Waals surface area (Å²) in [4.78, 5) is 16.4. The predicted octanol–water partition coefficient (Wildman–Crippen LogP) is 0.848. The molecular formula is C9H9N5O2. The highest BCUT2D eigenvalue weighted by Gasteiger charge is 2.19. The van der Waals surface area contributed by atoms with E-state index in [4.69, 9.17) is 0 Å². The van der Waals surface area contributed by atoms with Gasteiger partial charge in [-0.05, 0) is 6.42 Å². The van der Waals surface area contributed by atoms with Gasteiger partial charge in [-0.1, -0.05) is 0 Å². The van der Waals surface area contributed by atoms with E-state index in [-0.39, 0.29) is 11.3 Å². The molecule has 0 N–H and O–H groups in total. The second-order valence-electron chi connectivity index (χ2n) is 3.71. The van der Waals surface area contributed by atoms with Gasteiger partial charge >= 0.3 is 5.69 Å². The van der Waals surface area contributed by atoms with Gasteiger partial charge in [0.1, 0.15) is 6.20 Å². The van der Waals surface area contributed by atoms with Gasteiger partial charge in [-0.3, -0.25) is 10.1 Å². The highest BCUT2D eigenvalue weighted by Crippen LogP contribution is 2.22. The van der Waals surface area contributed by atoms with Gasteiger partial charge in [0.15, 0.2) is 0 Å². The molecule has 2 aromatic heterocycles. The average Bonchev–Trinajstić information content (AvgIpc) is 2.57. The first-order chi connectivity index (χ1) is 7.75. The topological polar surface area (TPSA) is 76.6 Å². The molecule has 0 aliphatic carbocycles. The Bertz CT molecular complexity index is 560. The van der Waals surface area contributed by atoms with Gasteiger partial charge in [0.05, 0.1) is 23.0 Å². The third-order valence-corrected chi connectivity index (χ3v) is 2.74. The van der Waals surface area contributed by atoms with Gasteiger partial charge in [-0.15, -0.1) is 0 Å². The number of rotatable bonds is 2. The second kappa shape index (κ2) is 3.16. The minimum absolute atomic E-state index is 0.0600. The van der Waals surface area contributed by atoms with Crippen molar-refractivity contribution in [2.24, 2.45) is 0 Å². The van der Waals surface area contributed by atoms with Gasteiger partial charge < -0.3 is 4.90 Å². The summed E-state index contributed by atoms with van der Waals surface area (Å²) in [7, 11) is 0. The fraction of sp³-hybridized carbons (Fsp3) is 0.333. The molecule has 1 fully saturated rings. The third kappa shape index (κ3) is 1.21. The number of nitrogens with zero attached hydrogens (tertiary/aromatic N) is 5. The lowest BCUT2D eigenvalue weighted by atomic mass is 10.2. The molecular weight excluding hydrogens is 210 g/mol. The van der Waals surface area contributed by atoms with Crippen LogP contribution in [0.5, 0.6) is 0 Å². The molecule has 3 heterocycles. The fourth-order valence-corrected chi connectivity index (χ4v) is 1.72. The molecule has 0 saturated carbocycles. The molecule has 0 spiro atoms. The van der Waals surface area contributed by atoms with Gasteiger partial charge in [0.25, 0.3) is 0 Å². The predicted molar refractivity (Wildman–Crippen MR) is 56.5 cm³/mol. The van der Waals surface area contributed by atoms with Crippen molar-refractivity contribution in [3.05, 3.63) is 28.7 Å². The van der Waals surface area contributed by atoms with Crippen molar-refractivity contribution < 1.29 is 4.92 Å². The quantitative estimate of drug-likeness (QED) is 0.552. The summed E-state index contributed by atoms with van der Waals surface area (Å²) in [5.74, 6) is 0. The molecule has 7 nitrogen and oxygen atoms in total. The van der Waals surface area contributed by atoms with Crippen LogP contribution in [0.1, 0.15) is 6.42 Å². The molecule has 0 amide bonds. The Morgan fingerprint density at radius 3 is 2.81 bits per heavy atom. The van der Waals surface area contributed by atoms with Crippen LogP contribution in [0.3, 0.4) is 0 Å². The first-order valence-electron chi connectivity index (χ1n) is 4.98. The maximum Gasteiger partial charge on any atom is 0.333 e. The second-order valence-corrected chi connectivity index (χ2v) is 3.71. The number of anilines is 1. The van der Waals surface area contributed by atoms with Gasteiger partial charge in [0.2, 0.25) is 5.65 Å². The van der Waals surface area contributed by atoms with E-state index in [1.54, 1.807) is 12.4 Å². The minimum Gasteiger partial charge on any atom is -0.369 e. The summed E-state index contributed by atoms with van der Waals surface area (Å²) >= 11 is 0. The average molecular weight is 219 g/mol. The van der Waals surface area contributed by atoms with Crippen LogP contribution in [0.25, 0.3) is 5.65 Å². The first-order valence-corrected chi connectivity index (χ1v) is 4.98. The highest BCUT2D eigenvalue weighted by atomic mass is 16.6. The van der Waals surface area contributed by atoms with Crippen LogP contribution in [0.4, 0.5) is 11.4 Å². The lowest BCUT2D eigenvalue weighted by molar-refractivity contribution is -0.383. The largest absolute Gasteiger partial charge is 0.369 e. The number of aromatic nitrogens is 3. The van der Waals surface area contributed by atoms with E-state index < -0.39 is 4.92 Å². The van der Waals surface area contributed by atoms with Crippen LogP contribution in [0, 0.1) is 10.1 Å². The molecule has 1 saturated heterocycles. The standard InChI is InChI=1S/C9H9N5O2/c15-14(16)8-5-11-13-6-7(4-10-9(8)13)12-2-1-3-12/h4-6H,1-3H2. The Labute approximate surface area is 90.5 Å². The minimum atomic E-state index is -0.474. The van der Waals surface area contributed by atoms with Gasteiger partial charge in [-0.25, -0.2) is 9.50 Å². The fourth-order valence-electron chi connectivity index (χ4n) is 1.72. The monoisotopic (exact) mass is 219 g/mol. The van der Waals surface area contributed by atoms with Crippen LogP contribution in [0.2, 0.25) is 0 Å². The van der Waals surface area contributed by atoms with Crippen molar-refractivity contribution in [1.29, 1.82) is 0 Å². The third-order valence-electron chi connectivity index (χ3n) is 2.74. The van der Waals surface area contributed by atoms with Crippen molar-refractivity contribution in [2.45, 2.75) is 6.42 Å². The summed E-state index contributed by atoms with van der Waals surface area (Å²) in [6, 6.07) is 0. The van der Waals surface area contributed by atoms with Crippen molar-refractivity contribution in [3.63, 3.8) is 0 Å². The molecule has 1 aliphatic rings. The van der Waals surface area contributed by atoms with E-state index in [0.29, 0.717) is 0 Å². The van der Waals surface area contributed by atoms with Crippen LogP contribution in [-0.4, -0.2) is 32.6 Å². The highest BCUT2D eigenvalue weighted by molar-refractivity contribution is 5.60. The Balaban J connectivity index is 2.09. The lowest BCUT2D eigenvalue weighted by Crippen LogP contribution is -2.37. The van der Waals surface area contributed by atoms with Crippen molar-refractivity contribution >= 4 is 17.0 Å². The van der Waals surface area contributed by atoms with Crippen molar-refractivity contribution in [2.75, 3.05) is 18.0 Å². The summed E-state index contributed by atoms with van der Waals surface area (Å²) < 4.78 is 1.45. The summed E-state index contributed by atoms with van der Waals surface area (Å²) in [5.41, 5.74) is 1.18. The zero-order valence-corrected chi connectivity index (χ0v) is 8.41. The molecule has 0 radical (unpaired) electrons. The van der Waals surface area contributed by atoms with E-state index in [1.807, 2.05) is 0 Å². The number of hydrogen-bond acceptors (Lipinski definition) is 5. The molecule has 3 rings (SSSR count). The van der Waals surface area contributed by atoms with E-state index in [1.165, 1.54) is 17.1 Å². The maximum absolute atomic E-state index is 10.7. The van der Waals surface area contributed by atoms with E-state index in [2.05, 4.69) is 15.0 Å². The molecule has 2 aromatic rings.